The molecule has 0 saturated heterocycles. The van der Waals surface area contributed by atoms with E-state index >= 15 is 0 Å². The van der Waals surface area contributed by atoms with Crippen molar-refractivity contribution in [3.8, 4) is 0 Å². The molecule has 156 valence electrons. The molecule has 1 aromatic heterocycles. The number of ether oxygens (including phenoxy) is 1. The molecule has 0 bridgehead atoms. The molecule has 1 heterocycles. The van der Waals surface area contributed by atoms with E-state index in [-0.39, 0.29) is 12.0 Å². The predicted molar refractivity (Wildman–Crippen MR) is 117 cm³/mol. The first kappa shape index (κ1) is 22.6. The summed E-state index contributed by atoms with van der Waals surface area (Å²) < 4.78 is 11.1. The van der Waals surface area contributed by atoms with Gasteiger partial charge in [0, 0.05) is 0 Å². The highest BCUT2D eigenvalue weighted by atomic mass is 16.5. The van der Waals surface area contributed by atoms with Gasteiger partial charge in [0.15, 0.2) is 5.58 Å². The molecule has 29 heavy (non-hydrogen) atoms. The molecule has 1 atom stereocenters. The zero-order valence-electron chi connectivity index (χ0n) is 17.7. The smallest absolute Gasteiger partial charge is 0.340 e. The molecule has 3 aromatic rings. The van der Waals surface area contributed by atoms with E-state index in [9.17, 15) is 4.79 Å². The molecule has 5 heteroatoms. The Hall–Kier alpha value is -2.66. The zero-order chi connectivity index (χ0) is 20.9. The van der Waals surface area contributed by atoms with E-state index in [4.69, 9.17) is 9.15 Å². The Morgan fingerprint density at radius 1 is 1.03 bits per heavy atom. The first-order valence-electron chi connectivity index (χ1n) is 10.5. The lowest BCUT2D eigenvalue weighted by molar-refractivity contribution is 0.0502. The Kier molecular flexibility index (Phi) is 9.93. The van der Waals surface area contributed by atoms with Crippen molar-refractivity contribution < 1.29 is 13.9 Å². The maximum absolute atomic E-state index is 12.2. The molecule has 1 N–H and O–H groups in total. The van der Waals surface area contributed by atoms with Crippen LogP contribution in [0.25, 0.3) is 11.1 Å². The maximum Gasteiger partial charge on any atom is 0.340 e. The van der Waals surface area contributed by atoms with Gasteiger partial charge in [-0.25, -0.2) is 9.78 Å². The van der Waals surface area contributed by atoms with Crippen LogP contribution in [-0.4, -0.2) is 24.1 Å². The van der Waals surface area contributed by atoms with Gasteiger partial charge in [-0.3, -0.25) is 0 Å². The molecule has 0 aliphatic carbocycles. The van der Waals surface area contributed by atoms with Crippen LogP contribution in [0.15, 0.2) is 59.0 Å². The van der Waals surface area contributed by atoms with Crippen molar-refractivity contribution in [2.24, 2.45) is 0 Å². The summed E-state index contributed by atoms with van der Waals surface area (Å²) in [6.45, 7) is 7.58. The predicted octanol–water partition coefficient (Wildman–Crippen LogP) is 5.92. The molecule has 3 rings (SSSR count). The summed E-state index contributed by atoms with van der Waals surface area (Å²) in [6, 6.07) is 17.4. The lowest BCUT2D eigenvalue weighted by atomic mass is 10.2. The molecular weight excluding hydrogens is 364 g/mol. The monoisotopic (exact) mass is 396 g/mol. The third-order valence-corrected chi connectivity index (χ3v) is 4.40. The summed E-state index contributed by atoms with van der Waals surface area (Å²) >= 11 is 0. The molecule has 1 unspecified atom stereocenters. The third-order valence-electron chi connectivity index (χ3n) is 4.40. The SMILES string of the molecule is CCCCNC(C)c1nc2c(C(=O)OCCCC)cccc2o1.c1ccccc1. The number of para-hydroxylation sites is 1. The molecule has 0 amide bonds. The number of fused-ring (bicyclic) bond motifs is 1. The molecular formula is C24H32N2O3. The van der Waals surface area contributed by atoms with Gasteiger partial charge in [0.2, 0.25) is 5.89 Å². The number of esters is 1. The summed E-state index contributed by atoms with van der Waals surface area (Å²) in [7, 11) is 0. The van der Waals surface area contributed by atoms with Gasteiger partial charge in [0.25, 0.3) is 0 Å². The topological polar surface area (TPSA) is 64.4 Å². The summed E-state index contributed by atoms with van der Waals surface area (Å²) in [4.78, 5) is 16.7. The van der Waals surface area contributed by atoms with Crippen molar-refractivity contribution in [1.29, 1.82) is 0 Å². The highest BCUT2D eigenvalue weighted by Crippen LogP contribution is 2.23. The van der Waals surface area contributed by atoms with Crippen LogP contribution in [0.1, 0.15) is 68.7 Å². The van der Waals surface area contributed by atoms with E-state index in [0.29, 0.717) is 29.2 Å². The van der Waals surface area contributed by atoms with Crippen molar-refractivity contribution in [3.05, 3.63) is 66.1 Å². The number of carbonyl (C=O) groups excluding carboxylic acids is 1. The Morgan fingerprint density at radius 2 is 1.69 bits per heavy atom. The lowest BCUT2D eigenvalue weighted by Crippen LogP contribution is -2.19. The molecule has 0 aliphatic rings. The Morgan fingerprint density at radius 3 is 2.31 bits per heavy atom. The van der Waals surface area contributed by atoms with E-state index < -0.39 is 0 Å². The number of rotatable bonds is 9. The summed E-state index contributed by atoms with van der Waals surface area (Å²) in [5.41, 5.74) is 1.66. The number of hydrogen-bond acceptors (Lipinski definition) is 5. The number of nitrogens with one attached hydrogen (secondary N) is 1. The van der Waals surface area contributed by atoms with Crippen molar-refractivity contribution in [2.45, 2.75) is 52.5 Å². The Labute approximate surface area is 173 Å². The van der Waals surface area contributed by atoms with Crippen LogP contribution in [0.5, 0.6) is 0 Å². The summed E-state index contributed by atoms with van der Waals surface area (Å²) in [5.74, 6) is 0.264. The fourth-order valence-corrected chi connectivity index (χ4v) is 2.67. The minimum atomic E-state index is -0.338. The molecule has 0 saturated carbocycles. The van der Waals surface area contributed by atoms with Gasteiger partial charge >= 0.3 is 5.97 Å². The van der Waals surface area contributed by atoms with Gasteiger partial charge in [-0.05, 0) is 38.4 Å². The van der Waals surface area contributed by atoms with Gasteiger partial charge in [-0.15, -0.1) is 0 Å². The number of nitrogens with zero attached hydrogens (tertiary/aromatic N) is 1. The lowest BCUT2D eigenvalue weighted by Gasteiger charge is -2.08. The number of unbranched alkanes of at least 4 members (excludes halogenated alkanes) is 2. The van der Waals surface area contributed by atoms with Crippen LogP contribution in [-0.2, 0) is 4.74 Å². The highest BCUT2D eigenvalue weighted by molar-refractivity contribution is 6.01. The second kappa shape index (κ2) is 12.7. The largest absolute Gasteiger partial charge is 0.462 e. The van der Waals surface area contributed by atoms with Gasteiger partial charge in [0.1, 0.15) is 5.52 Å². The van der Waals surface area contributed by atoms with Crippen LogP contribution < -0.4 is 5.32 Å². The van der Waals surface area contributed by atoms with Crippen molar-refractivity contribution in [2.75, 3.05) is 13.2 Å². The highest BCUT2D eigenvalue weighted by Gasteiger charge is 2.18. The number of carbonyl (C=O) groups is 1. The number of hydrogen-bond donors (Lipinski definition) is 1. The second-order valence-corrected chi connectivity index (χ2v) is 6.88. The second-order valence-electron chi connectivity index (χ2n) is 6.88. The van der Waals surface area contributed by atoms with Crippen molar-refractivity contribution >= 4 is 17.1 Å². The molecule has 0 spiro atoms. The molecule has 0 fully saturated rings. The van der Waals surface area contributed by atoms with E-state index in [1.165, 1.54) is 0 Å². The van der Waals surface area contributed by atoms with Crippen LogP contribution in [0.2, 0.25) is 0 Å². The summed E-state index contributed by atoms with van der Waals surface area (Å²) in [6.07, 6.45) is 4.11. The number of oxazole rings is 1. The van der Waals surface area contributed by atoms with Crippen LogP contribution in [0, 0.1) is 0 Å². The zero-order valence-corrected chi connectivity index (χ0v) is 17.7. The van der Waals surface area contributed by atoms with Crippen LogP contribution >= 0.6 is 0 Å². The molecule has 5 nitrogen and oxygen atoms in total. The average molecular weight is 397 g/mol. The van der Waals surface area contributed by atoms with Crippen molar-refractivity contribution in [1.82, 2.24) is 10.3 Å². The van der Waals surface area contributed by atoms with E-state index in [1.807, 2.05) is 49.4 Å². The minimum absolute atomic E-state index is 0.0120. The minimum Gasteiger partial charge on any atom is -0.462 e. The number of benzene rings is 2. The van der Waals surface area contributed by atoms with Gasteiger partial charge in [0.05, 0.1) is 18.2 Å². The van der Waals surface area contributed by atoms with E-state index in [1.54, 1.807) is 12.1 Å². The first-order chi connectivity index (χ1) is 14.2. The fourth-order valence-electron chi connectivity index (χ4n) is 2.67. The quantitative estimate of drug-likeness (QED) is 0.359. The van der Waals surface area contributed by atoms with E-state index in [0.717, 1.165) is 32.2 Å². The van der Waals surface area contributed by atoms with Crippen LogP contribution in [0.3, 0.4) is 0 Å². The molecule has 0 aliphatic heterocycles. The maximum atomic E-state index is 12.2. The third kappa shape index (κ3) is 7.35. The fraction of sp³-hybridized carbons (Fsp3) is 0.417. The van der Waals surface area contributed by atoms with Gasteiger partial charge in [-0.2, -0.15) is 0 Å². The molecule has 0 radical (unpaired) electrons. The van der Waals surface area contributed by atoms with Gasteiger partial charge < -0.3 is 14.5 Å². The van der Waals surface area contributed by atoms with E-state index in [2.05, 4.69) is 24.1 Å². The normalized spacial score (nSPS) is 11.6. The van der Waals surface area contributed by atoms with Gasteiger partial charge in [-0.1, -0.05) is 69.2 Å². The summed E-state index contributed by atoms with van der Waals surface area (Å²) in [5, 5.41) is 3.38. The van der Waals surface area contributed by atoms with Crippen molar-refractivity contribution in [3.63, 3.8) is 0 Å². The molecule has 2 aromatic carbocycles. The average Bonchev–Trinajstić information content (AvgIpc) is 3.20. The number of aromatic nitrogens is 1. The van der Waals surface area contributed by atoms with Crippen LogP contribution in [0.4, 0.5) is 0 Å². The first-order valence-corrected chi connectivity index (χ1v) is 10.5. The Balaban J connectivity index is 0.000000426. The Bertz CT molecular complexity index is 819. The standard InChI is InChI=1S/C18H26N2O3.C6H6/c1-4-6-11-19-13(3)17-20-16-14(9-8-10-15(16)23-17)18(21)22-12-7-5-2;1-2-4-6-5-3-1/h8-10,13,19H,4-7,11-12H2,1-3H3;1-6H.